The van der Waals surface area contributed by atoms with E-state index in [-0.39, 0.29) is 18.0 Å². The Morgan fingerprint density at radius 1 is 1.33 bits per heavy atom. The number of rotatable bonds is 7. The van der Waals surface area contributed by atoms with Gasteiger partial charge in [-0.05, 0) is 25.0 Å². The van der Waals surface area contributed by atoms with Crippen LogP contribution < -0.4 is 10.1 Å². The van der Waals surface area contributed by atoms with Crippen LogP contribution in [-0.4, -0.2) is 49.9 Å². The van der Waals surface area contributed by atoms with E-state index in [2.05, 4.69) is 10.1 Å². The Labute approximate surface area is 155 Å². The zero-order valence-corrected chi connectivity index (χ0v) is 15.1. The summed E-state index contributed by atoms with van der Waals surface area (Å²) < 4.78 is 45.7. The van der Waals surface area contributed by atoms with Gasteiger partial charge in [-0.3, -0.25) is 9.59 Å². The third-order valence-corrected chi connectivity index (χ3v) is 4.24. The molecule has 1 aliphatic rings. The minimum Gasteiger partial charge on any atom is -0.406 e. The number of nitrogens with one attached hydrogen (secondary N) is 1. The fraction of sp³-hybridized carbons (Fsp3) is 0.556. The smallest absolute Gasteiger partial charge is 0.406 e. The molecule has 1 aliphatic heterocycles. The second kappa shape index (κ2) is 9.59. The number of ether oxygens (including phenoxy) is 2. The Kier molecular flexibility index (Phi) is 7.46. The maximum absolute atomic E-state index is 12.6. The predicted octanol–water partition coefficient (Wildman–Crippen LogP) is 3.19. The van der Waals surface area contributed by atoms with Gasteiger partial charge < -0.3 is 19.7 Å². The molecule has 150 valence electrons. The Morgan fingerprint density at radius 2 is 2.11 bits per heavy atom. The summed E-state index contributed by atoms with van der Waals surface area (Å²) >= 11 is 0. The van der Waals surface area contributed by atoms with Crippen molar-refractivity contribution >= 4 is 17.5 Å². The van der Waals surface area contributed by atoms with Crippen molar-refractivity contribution in [3.8, 4) is 5.75 Å². The number of hydrogen-bond acceptors (Lipinski definition) is 4. The first kappa shape index (κ1) is 21.0. The second-order valence-electron chi connectivity index (χ2n) is 6.34. The summed E-state index contributed by atoms with van der Waals surface area (Å²) in [6.07, 6.45) is -2.52. The van der Waals surface area contributed by atoms with E-state index in [0.29, 0.717) is 26.1 Å². The highest BCUT2D eigenvalue weighted by Gasteiger charge is 2.31. The van der Waals surface area contributed by atoms with Crippen LogP contribution >= 0.6 is 0 Å². The van der Waals surface area contributed by atoms with Crippen LogP contribution in [-0.2, 0) is 14.3 Å². The van der Waals surface area contributed by atoms with Gasteiger partial charge in [-0.2, -0.15) is 0 Å². The number of anilines is 1. The monoisotopic (exact) mass is 388 g/mol. The molecule has 0 aromatic heterocycles. The molecule has 9 heteroatoms. The molecule has 1 heterocycles. The number of alkyl halides is 3. The van der Waals surface area contributed by atoms with Crippen molar-refractivity contribution in [1.29, 1.82) is 0 Å². The van der Waals surface area contributed by atoms with Gasteiger partial charge in [0.1, 0.15) is 5.75 Å². The van der Waals surface area contributed by atoms with Crippen molar-refractivity contribution in [2.24, 2.45) is 5.92 Å². The summed E-state index contributed by atoms with van der Waals surface area (Å²) in [5.41, 5.74) is 0.180. The molecule has 1 fully saturated rings. The summed E-state index contributed by atoms with van der Waals surface area (Å²) in [4.78, 5) is 26.6. The van der Waals surface area contributed by atoms with Crippen LogP contribution in [0.4, 0.5) is 18.9 Å². The van der Waals surface area contributed by atoms with Gasteiger partial charge in [-0.15, -0.1) is 13.2 Å². The lowest BCUT2D eigenvalue weighted by Crippen LogP contribution is -2.38. The molecule has 2 rings (SSSR count). The topological polar surface area (TPSA) is 67.9 Å². The van der Waals surface area contributed by atoms with E-state index < -0.39 is 23.9 Å². The molecule has 1 aromatic rings. The molecule has 1 unspecified atom stereocenters. The number of carbonyl (C=O) groups excluding carboxylic acids is 2. The SMILES string of the molecule is COCCN1CCCCC(CC(=O)Nc2cccc(OC(F)(F)F)c2)C1=O. The first-order valence-electron chi connectivity index (χ1n) is 8.72. The van der Waals surface area contributed by atoms with Crippen LogP contribution in [0, 0.1) is 5.92 Å². The van der Waals surface area contributed by atoms with E-state index in [1.54, 1.807) is 12.0 Å². The van der Waals surface area contributed by atoms with Crippen molar-refractivity contribution in [1.82, 2.24) is 4.90 Å². The fourth-order valence-corrected chi connectivity index (χ4v) is 3.00. The number of amides is 2. The van der Waals surface area contributed by atoms with E-state index >= 15 is 0 Å². The summed E-state index contributed by atoms with van der Waals surface area (Å²) in [5.74, 6) is -1.38. The van der Waals surface area contributed by atoms with Crippen molar-refractivity contribution in [3.05, 3.63) is 24.3 Å². The molecule has 2 amide bonds. The molecule has 0 spiro atoms. The first-order valence-corrected chi connectivity index (χ1v) is 8.72. The highest BCUT2D eigenvalue weighted by molar-refractivity contribution is 5.94. The van der Waals surface area contributed by atoms with Crippen LogP contribution in [0.3, 0.4) is 0 Å². The van der Waals surface area contributed by atoms with Crippen molar-refractivity contribution in [2.45, 2.75) is 32.0 Å². The van der Waals surface area contributed by atoms with E-state index in [1.807, 2.05) is 0 Å². The lowest BCUT2D eigenvalue weighted by Gasteiger charge is -2.23. The molecule has 27 heavy (non-hydrogen) atoms. The summed E-state index contributed by atoms with van der Waals surface area (Å²) in [6, 6.07) is 5.04. The molecule has 0 radical (unpaired) electrons. The maximum Gasteiger partial charge on any atom is 0.573 e. The molecular weight excluding hydrogens is 365 g/mol. The van der Waals surface area contributed by atoms with Gasteiger partial charge in [0.05, 0.1) is 6.61 Å². The Hall–Kier alpha value is -2.29. The zero-order valence-electron chi connectivity index (χ0n) is 15.1. The minimum absolute atomic E-state index is 0.0212. The standard InChI is InChI=1S/C18H23F3N2O4/c1-26-10-9-23-8-3-2-5-13(17(23)25)11-16(24)22-14-6-4-7-15(12-14)27-18(19,20)21/h4,6-7,12-13H,2-3,5,8-11H2,1H3,(H,22,24). The Bertz CT molecular complexity index is 652. The molecule has 6 nitrogen and oxygen atoms in total. The van der Waals surface area contributed by atoms with Gasteiger partial charge in [-0.1, -0.05) is 12.5 Å². The van der Waals surface area contributed by atoms with Gasteiger partial charge in [-0.25, -0.2) is 0 Å². The van der Waals surface area contributed by atoms with E-state index in [1.165, 1.54) is 12.1 Å². The summed E-state index contributed by atoms with van der Waals surface area (Å²) in [6.45, 7) is 1.54. The number of methoxy groups -OCH3 is 1. The van der Waals surface area contributed by atoms with Crippen LogP contribution in [0.1, 0.15) is 25.7 Å². The molecule has 1 atom stereocenters. The third kappa shape index (κ3) is 7.09. The number of likely N-dealkylation sites (tertiary alicyclic amines) is 1. The number of nitrogens with zero attached hydrogens (tertiary/aromatic N) is 1. The van der Waals surface area contributed by atoms with Crippen LogP contribution in [0.2, 0.25) is 0 Å². The minimum atomic E-state index is -4.80. The molecule has 0 bridgehead atoms. The fourth-order valence-electron chi connectivity index (χ4n) is 3.00. The van der Waals surface area contributed by atoms with Gasteiger partial charge in [0.2, 0.25) is 11.8 Å². The Morgan fingerprint density at radius 3 is 2.81 bits per heavy atom. The average Bonchev–Trinajstić information content (AvgIpc) is 2.74. The Balaban J connectivity index is 1.96. The highest BCUT2D eigenvalue weighted by atomic mass is 19.4. The summed E-state index contributed by atoms with van der Waals surface area (Å²) in [5, 5.41) is 2.53. The van der Waals surface area contributed by atoms with Crippen molar-refractivity contribution < 1.29 is 32.2 Å². The number of carbonyl (C=O) groups is 2. The third-order valence-electron chi connectivity index (χ3n) is 4.24. The molecule has 0 saturated carbocycles. The molecule has 0 aliphatic carbocycles. The van der Waals surface area contributed by atoms with Crippen molar-refractivity contribution in [2.75, 3.05) is 32.1 Å². The first-order chi connectivity index (χ1) is 12.8. The lowest BCUT2D eigenvalue weighted by atomic mass is 9.98. The van der Waals surface area contributed by atoms with Gasteiger partial charge in [0.25, 0.3) is 0 Å². The zero-order chi connectivity index (χ0) is 19.9. The van der Waals surface area contributed by atoms with Gasteiger partial charge in [0, 0.05) is 44.3 Å². The number of halogens is 3. The van der Waals surface area contributed by atoms with Gasteiger partial charge in [0.15, 0.2) is 0 Å². The van der Waals surface area contributed by atoms with Crippen LogP contribution in [0.15, 0.2) is 24.3 Å². The van der Waals surface area contributed by atoms with E-state index in [0.717, 1.165) is 25.0 Å². The predicted molar refractivity (Wildman–Crippen MR) is 92.2 cm³/mol. The van der Waals surface area contributed by atoms with Crippen LogP contribution in [0.5, 0.6) is 5.75 Å². The normalized spacial score (nSPS) is 18.1. The van der Waals surface area contributed by atoms with E-state index in [4.69, 9.17) is 4.74 Å². The average molecular weight is 388 g/mol. The van der Waals surface area contributed by atoms with E-state index in [9.17, 15) is 22.8 Å². The second-order valence-corrected chi connectivity index (χ2v) is 6.34. The van der Waals surface area contributed by atoms with Gasteiger partial charge >= 0.3 is 6.36 Å². The molecule has 1 N–H and O–H groups in total. The lowest BCUT2D eigenvalue weighted by molar-refractivity contribution is -0.274. The molecule has 1 saturated heterocycles. The highest BCUT2D eigenvalue weighted by Crippen LogP contribution is 2.26. The van der Waals surface area contributed by atoms with Crippen molar-refractivity contribution in [3.63, 3.8) is 0 Å². The largest absolute Gasteiger partial charge is 0.573 e. The number of hydrogen-bond donors (Lipinski definition) is 1. The maximum atomic E-state index is 12.6. The number of benzene rings is 1. The van der Waals surface area contributed by atoms with Crippen LogP contribution in [0.25, 0.3) is 0 Å². The quantitative estimate of drug-likeness (QED) is 0.779. The molecular formula is C18H23F3N2O4. The summed E-state index contributed by atoms with van der Waals surface area (Å²) in [7, 11) is 1.56. The molecule has 1 aromatic carbocycles.